The molecule has 1 aromatic rings. The fraction of sp³-hybridized carbons (Fsp3) is 0.417. The molecule has 16 heavy (non-hydrogen) atoms. The Bertz CT molecular complexity index is 374. The Labute approximate surface area is 101 Å². The second-order valence-corrected chi connectivity index (χ2v) is 3.78. The van der Waals surface area contributed by atoms with Crippen LogP contribution in [0.3, 0.4) is 0 Å². The lowest BCUT2D eigenvalue weighted by molar-refractivity contribution is 0.144. The normalized spacial score (nSPS) is 9.81. The van der Waals surface area contributed by atoms with E-state index in [0.29, 0.717) is 23.7 Å². The Hall–Kier alpha value is -1.24. The molecule has 0 spiro atoms. The molecule has 0 unspecified atom stereocenters. The zero-order chi connectivity index (χ0) is 11.8. The molecule has 1 N–H and O–H groups in total. The predicted octanol–water partition coefficient (Wildman–Crippen LogP) is 3.05. The van der Waals surface area contributed by atoms with Gasteiger partial charge in [-0.25, -0.2) is 0 Å². The number of anilines is 1. The van der Waals surface area contributed by atoms with Crippen molar-refractivity contribution < 1.29 is 4.74 Å². The molecule has 0 saturated carbocycles. The van der Waals surface area contributed by atoms with E-state index in [0.717, 1.165) is 18.7 Å². The lowest BCUT2D eigenvalue weighted by atomic mass is 10.2. The maximum atomic E-state index is 8.89. The van der Waals surface area contributed by atoms with Gasteiger partial charge in [-0.15, -0.1) is 0 Å². The van der Waals surface area contributed by atoms with E-state index in [1.165, 1.54) is 0 Å². The van der Waals surface area contributed by atoms with Gasteiger partial charge in [0.1, 0.15) is 6.07 Å². The van der Waals surface area contributed by atoms with Crippen LogP contribution < -0.4 is 5.32 Å². The zero-order valence-electron chi connectivity index (χ0n) is 9.29. The number of rotatable bonds is 6. The number of hydrogen-bond donors (Lipinski definition) is 1. The van der Waals surface area contributed by atoms with Crippen molar-refractivity contribution in [3.63, 3.8) is 0 Å². The fourth-order valence-electron chi connectivity index (χ4n) is 1.26. The van der Waals surface area contributed by atoms with Crippen LogP contribution in [0.2, 0.25) is 5.02 Å². The van der Waals surface area contributed by atoms with Crippen LogP contribution in [0.15, 0.2) is 18.2 Å². The standard InChI is InChI=1S/C12H15ClN2O/c1-2-6-16-7-5-15-12-8-11(13)4-3-10(12)9-14/h3-4,8,15H,2,5-7H2,1H3. The maximum absolute atomic E-state index is 8.89. The Morgan fingerprint density at radius 2 is 2.25 bits per heavy atom. The van der Waals surface area contributed by atoms with Gasteiger partial charge in [-0.05, 0) is 24.6 Å². The Balaban J connectivity index is 2.46. The summed E-state index contributed by atoms with van der Waals surface area (Å²) in [5.74, 6) is 0. The van der Waals surface area contributed by atoms with Crippen LogP contribution in [0.25, 0.3) is 0 Å². The first-order valence-electron chi connectivity index (χ1n) is 5.29. The van der Waals surface area contributed by atoms with E-state index in [9.17, 15) is 0 Å². The van der Waals surface area contributed by atoms with Crippen LogP contribution in [0, 0.1) is 11.3 Å². The van der Waals surface area contributed by atoms with Crippen LogP contribution in [-0.2, 0) is 4.74 Å². The highest BCUT2D eigenvalue weighted by molar-refractivity contribution is 6.30. The first-order valence-corrected chi connectivity index (χ1v) is 5.67. The van der Waals surface area contributed by atoms with E-state index < -0.39 is 0 Å². The van der Waals surface area contributed by atoms with Crippen molar-refractivity contribution in [3.8, 4) is 6.07 Å². The van der Waals surface area contributed by atoms with Crippen molar-refractivity contribution in [3.05, 3.63) is 28.8 Å². The lowest BCUT2D eigenvalue weighted by Gasteiger charge is -2.08. The molecule has 0 aliphatic carbocycles. The summed E-state index contributed by atoms with van der Waals surface area (Å²) >= 11 is 5.86. The smallest absolute Gasteiger partial charge is 0.101 e. The molecule has 3 nitrogen and oxygen atoms in total. The highest BCUT2D eigenvalue weighted by Crippen LogP contribution is 2.19. The van der Waals surface area contributed by atoms with Gasteiger partial charge in [0.05, 0.1) is 17.9 Å². The van der Waals surface area contributed by atoms with Crippen LogP contribution in [0.5, 0.6) is 0 Å². The summed E-state index contributed by atoms with van der Waals surface area (Å²) in [7, 11) is 0. The molecular formula is C12H15ClN2O. The number of ether oxygens (including phenoxy) is 1. The van der Waals surface area contributed by atoms with Gasteiger partial charge in [0.15, 0.2) is 0 Å². The van der Waals surface area contributed by atoms with Gasteiger partial charge in [-0.1, -0.05) is 18.5 Å². The van der Waals surface area contributed by atoms with Crippen LogP contribution >= 0.6 is 11.6 Å². The van der Waals surface area contributed by atoms with Crippen molar-refractivity contribution in [2.75, 3.05) is 25.1 Å². The highest BCUT2D eigenvalue weighted by Gasteiger charge is 2.01. The number of benzene rings is 1. The molecule has 0 atom stereocenters. The largest absolute Gasteiger partial charge is 0.382 e. The zero-order valence-corrected chi connectivity index (χ0v) is 10.0. The van der Waals surface area contributed by atoms with Gasteiger partial charge >= 0.3 is 0 Å². The number of nitrogens with one attached hydrogen (secondary N) is 1. The van der Waals surface area contributed by atoms with Crippen molar-refractivity contribution >= 4 is 17.3 Å². The van der Waals surface area contributed by atoms with Crippen molar-refractivity contribution in [2.45, 2.75) is 13.3 Å². The number of nitriles is 1. The molecule has 86 valence electrons. The second-order valence-electron chi connectivity index (χ2n) is 3.34. The third kappa shape index (κ3) is 4.09. The van der Waals surface area contributed by atoms with E-state index in [1.807, 2.05) is 0 Å². The van der Waals surface area contributed by atoms with Crippen LogP contribution in [0.1, 0.15) is 18.9 Å². The summed E-state index contributed by atoms with van der Waals surface area (Å²) in [4.78, 5) is 0. The van der Waals surface area contributed by atoms with E-state index in [4.69, 9.17) is 21.6 Å². The summed E-state index contributed by atoms with van der Waals surface area (Å²) in [6, 6.07) is 7.28. The minimum Gasteiger partial charge on any atom is -0.382 e. The molecule has 0 saturated heterocycles. The van der Waals surface area contributed by atoms with E-state index >= 15 is 0 Å². The van der Waals surface area contributed by atoms with Gasteiger partial charge in [0.2, 0.25) is 0 Å². The van der Waals surface area contributed by atoms with Gasteiger partial charge in [0, 0.05) is 18.2 Å². The Morgan fingerprint density at radius 1 is 1.44 bits per heavy atom. The van der Waals surface area contributed by atoms with Gasteiger partial charge < -0.3 is 10.1 Å². The Kier molecular flexibility index (Phi) is 5.69. The van der Waals surface area contributed by atoms with Crippen molar-refractivity contribution in [1.29, 1.82) is 5.26 Å². The van der Waals surface area contributed by atoms with Gasteiger partial charge in [0.25, 0.3) is 0 Å². The summed E-state index contributed by atoms with van der Waals surface area (Å²) in [5.41, 5.74) is 1.36. The third-order valence-corrected chi connectivity index (χ3v) is 2.25. The molecule has 0 fully saturated rings. The maximum Gasteiger partial charge on any atom is 0.101 e. The predicted molar refractivity (Wildman–Crippen MR) is 65.8 cm³/mol. The lowest BCUT2D eigenvalue weighted by Crippen LogP contribution is -2.10. The molecule has 0 aliphatic rings. The molecule has 4 heteroatoms. The number of halogens is 1. The quantitative estimate of drug-likeness (QED) is 0.775. The Morgan fingerprint density at radius 3 is 2.94 bits per heavy atom. The SMILES string of the molecule is CCCOCCNc1cc(Cl)ccc1C#N. The first kappa shape index (κ1) is 12.8. The molecule has 1 rings (SSSR count). The average Bonchev–Trinajstić information content (AvgIpc) is 2.29. The van der Waals surface area contributed by atoms with Crippen molar-refractivity contribution in [2.24, 2.45) is 0 Å². The topological polar surface area (TPSA) is 45.0 Å². The van der Waals surface area contributed by atoms with Crippen molar-refractivity contribution in [1.82, 2.24) is 0 Å². The van der Waals surface area contributed by atoms with E-state index in [1.54, 1.807) is 18.2 Å². The molecule has 1 aromatic carbocycles. The fourth-order valence-corrected chi connectivity index (χ4v) is 1.44. The minimum absolute atomic E-state index is 0.597. The minimum atomic E-state index is 0.597. The van der Waals surface area contributed by atoms with E-state index in [2.05, 4.69) is 18.3 Å². The second kappa shape index (κ2) is 7.10. The molecule has 0 heterocycles. The molecule has 0 amide bonds. The monoisotopic (exact) mass is 238 g/mol. The average molecular weight is 239 g/mol. The molecule has 0 radical (unpaired) electrons. The molecular weight excluding hydrogens is 224 g/mol. The van der Waals surface area contributed by atoms with Gasteiger partial charge in [-0.2, -0.15) is 5.26 Å². The van der Waals surface area contributed by atoms with Crippen LogP contribution in [0.4, 0.5) is 5.69 Å². The van der Waals surface area contributed by atoms with Gasteiger partial charge in [-0.3, -0.25) is 0 Å². The molecule has 0 aliphatic heterocycles. The molecule has 0 bridgehead atoms. The third-order valence-electron chi connectivity index (χ3n) is 2.01. The summed E-state index contributed by atoms with van der Waals surface area (Å²) in [5, 5.41) is 12.6. The van der Waals surface area contributed by atoms with Crippen LogP contribution in [-0.4, -0.2) is 19.8 Å². The summed E-state index contributed by atoms with van der Waals surface area (Å²) < 4.78 is 5.33. The molecule has 0 aromatic heterocycles. The van der Waals surface area contributed by atoms with E-state index in [-0.39, 0.29) is 0 Å². The summed E-state index contributed by atoms with van der Waals surface area (Å²) in [6.45, 7) is 4.14. The number of nitrogens with zero attached hydrogens (tertiary/aromatic N) is 1. The number of hydrogen-bond acceptors (Lipinski definition) is 3. The summed E-state index contributed by atoms with van der Waals surface area (Å²) in [6.07, 6.45) is 1.01. The highest BCUT2D eigenvalue weighted by atomic mass is 35.5. The first-order chi connectivity index (χ1) is 7.77.